The molecule has 0 aliphatic heterocycles. The second-order valence-electron chi connectivity index (χ2n) is 2.40. The number of aliphatic carboxylic acids is 1. The second kappa shape index (κ2) is 9.13. The number of halogens is 1. The number of hydrogen-bond donors (Lipinski definition) is 0. The summed E-state index contributed by atoms with van der Waals surface area (Å²) >= 11 is 0. The zero-order valence-electron chi connectivity index (χ0n) is 7.10. The van der Waals surface area contributed by atoms with E-state index in [2.05, 4.69) is 0 Å². The molecule has 0 aromatic rings. The summed E-state index contributed by atoms with van der Waals surface area (Å²) in [7, 11) is 0. The summed E-state index contributed by atoms with van der Waals surface area (Å²) in [5.41, 5.74) is 0. The van der Waals surface area contributed by atoms with Crippen LogP contribution < -0.4 is 56.5 Å². The minimum Gasteiger partial charge on any atom is -0.550 e. The molecule has 0 bridgehead atoms. The number of carbonyl (C=O) groups excluding carboxylic acids is 1. The van der Waals surface area contributed by atoms with Gasteiger partial charge in [0.2, 0.25) is 0 Å². The van der Waals surface area contributed by atoms with Crippen molar-refractivity contribution in [1.29, 1.82) is 0 Å². The molecule has 0 spiro atoms. The molecule has 60 valence electrons. The van der Waals surface area contributed by atoms with Crippen molar-refractivity contribution in [3.05, 3.63) is 0 Å². The maximum atomic E-state index is 12.1. The van der Waals surface area contributed by atoms with Crippen LogP contribution in [-0.2, 0) is 4.79 Å². The van der Waals surface area contributed by atoms with E-state index in [4.69, 9.17) is 0 Å². The summed E-state index contributed by atoms with van der Waals surface area (Å²) in [5.74, 6) is -1.05. The Labute approximate surface area is 109 Å². The molecular weight excluding hydrogens is 174 g/mol. The Morgan fingerprint density at radius 1 is 1.55 bits per heavy atom. The maximum absolute atomic E-state index is 12.1. The Morgan fingerprint density at radius 3 is 2.45 bits per heavy atom. The monoisotopic (exact) mass is 186 g/mol. The van der Waals surface area contributed by atoms with Crippen LogP contribution in [0.4, 0.5) is 4.39 Å². The van der Waals surface area contributed by atoms with Gasteiger partial charge in [0, 0.05) is 5.97 Å². The van der Waals surface area contributed by atoms with Crippen LogP contribution >= 0.6 is 0 Å². The molecule has 0 aliphatic rings. The van der Waals surface area contributed by atoms with Crippen molar-refractivity contribution in [2.45, 2.75) is 38.8 Å². The molecule has 1 atom stereocenters. The van der Waals surface area contributed by atoms with E-state index in [1.807, 2.05) is 0 Å². The number of carboxylic acid groups (broad SMARTS) is 1. The van der Waals surface area contributed by atoms with Gasteiger partial charge in [-0.3, -0.25) is 0 Å². The third-order valence-electron chi connectivity index (χ3n) is 1.23. The second-order valence-corrected chi connectivity index (χ2v) is 2.40. The van der Waals surface area contributed by atoms with Gasteiger partial charge in [0.15, 0.2) is 0 Å². The van der Waals surface area contributed by atoms with Crippen molar-refractivity contribution in [3.63, 3.8) is 0 Å². The van der Waals surface area contributed by atoms with Crippen molar-refractivity contribution < 1.29 is 65.7 Å². The normalized spacial score (nSPS) is 11.8. The molecule has 0 amide bonds. The number of alkyl halides is 1. The van der Waals surface area contributed by atoms with Gasteiger partial charge in [-0.15, -0.1) is 0 Å². The molecule has 0 rings (SSSR count). The number of carboxylic acids is 1. The summed E-state index contributed by atoms with van der Waals surface area (Å²) in [5, 5.41) is 9.84. The molecule has 0 heterocycles. The van der Waals surface area contributed by atoms with Crippen LogP contribution in [0.15, 0.2) is 0 Å². The smallest absolute Gasteiger partial charge is 0.550 e. The van der Waals surface area contributed by atoms with E-state index >= 15 is 0 Å². The van der Waals surface area contributed by atoms with Crippen molar-refractivity contribution in [3.8, 4) is 0 Å². The van der Waals surface area contributed by atoms with Gasteiger partial charge in [-0.05, 0) is 26.2 Å². The number of hydrogen-bond acceptors (Lipinski definition) is 2. The number of rotatable bonds is 5. The molecule has 0 fully saturated rings. The van der Waals surface area contributed by atoms with Gasteiger partial charge in [0.25, 0.3) is 0 Å². The molecule has 0 N–H and O–H groups in total. The Morgan fingerprint density at radius 2 is 2.09 bits per heavy atom. The van der Waals surface area contributed by atoms with Crippen LogP contribution in [0, 0.1) is 0 Å². The van der Waals surface area contributed by atoms with Crippen LogP contribution in [0.2, 0.25) is 0 Å². The standard InChI is InChI=1S/C7H13FO2.K/c1-6(8)4-2-3-5-7(9)10;/h6H,2-5H2,1H3,(H,9,10);/q;+1/p-1. The van der Waals surface area contributed by atoms with Gasteiger partial charge >= 0.3 is 51.4 Å². The predicted octanol–water partition coefficient (Wildman–Crippen LogP) is -2.34. The SMILES string of the molecule is CC(F)CCCCC(=O)[O-].[K+]. The van der Waals surface area contributed by atoms with Crippen LogP contribution in [0.1, 0.15) is 32.6 Å². The minimum atomic E-state index is -1.05. The first-order valence-corrected chi connectivity index (χ1v) is 3.47. The van der Waals surface area contributed by atoms with E-state index in [-0.39, 0.29) is 57.8 Å². The molecule has 0 saturated carbocycles. The first-order valence-electron chi connectivity index (χ1n) is 3.47. The maximum Gasteiger partial charge on any atom is 1.00 e. The summed E-state index contributed by atoms with van der Waals surface area (Å²) in [6, 6.07) is 0. The molecular formula is C7H12FKO2. The van der Waals surface area contributed by atoms with E-state index < -0.39 is 12.1 Å². The Kier molecular flexibility index (Phi) is 12.1. The summed E-state index contributed by atoms with van der Waals surface area (Å²) in [4.78, 5) is 9.84. The zero-order valence-corrected chi connectivity index (χ0v) is 10.2. The first kappa shape index (κ1) is 14.6. The minimum absolute atomic E-state index is 0. The van der Waals surface area contributed by atoms with Crippen molar-refractivity contribution in [1.82, 2.24) is 0 Å². The average Bonchev–Trinajstić information content (AvgIpc) is 1.79. The van der Waals surface area contributed by atoms with E-state index in [9.17, 15) is 14.3 Å². The molecule has 4 heteroatoms. The fourth-order valence-electron chi connectivity index (χ4n) is 0.695. The zero-order chi connectivity index (χ0) is 7.98. The number of unbranched alkanes of at least 4 members (excludes halogenated alkanes) is 1. The van der Waals surface area contributed by atoms with E-state index in [1.54, 1.807) is 0 Å². The third kappa shape index (κ3) is 14.0. The van der Waals surface area contributed by atoms with Gasteiger partial charge in [-0.2, -0.15) is 0 Å². The molecule has 11 heavy (non-hydrogen) atoms. The molecule has 0 aromatic heterocycles. The topological polar surface area (TPSA) is 40.1 Å². The Hall–Kier alpha value is 1.04. The van der Waals surface area contributed by atoms with Crippen LogP contribution in [0.3, 0.4) is 0 Å². The van der Waals surface area contributed by atoms with E-state index in [0.717, 1.165) is 0 Å². The van der Waals surface area contributed by atoms with Gasteiger partial charge in [-0.25, -0.2) is 4.39 Å². The quantitative estimate of drug-likeness (QED) is 0.356. The molecule has 0 aliphatic carbocycles. The molecule has 0 radical (unpaired) electrons. The first-order chi connectivity index (χ1) is 4.63. The fourth-order valence-corrected chi connectivity index (χ4v) is 0.695. The van der Waals surface area contributed by atoms with Gasteiger partial charge in [-0.1, -0.05) is 6.42 Å². The molecule has 0 aromatic carbocycles. The summed E-state index contributed by atoms with van der Waals surface area (Å²) < 4.78 is 12.1. The van der Waals surface area contributed by atoms with Gasteiger partial charge < -0.3 is 9.90 Å². The van der Waals surface area contributed by atoms with Gasteiger partial charge in [0.1, 0.15) is 0 Å². The third-order valence-corrected chi connectivity index (χ3v) is 1.23. The Balaban J connectivity index is 0. The summed E-state index contributed by atoms with van der Waals surface area (Å²) in [6.07, 6.45) is 0.837. The van der Waals surface area contributed by atoms with E-state index in [0.29, 0.717) is 19.3 Å². The molecule has 0 saturated heterocycles. The van der Waals surface area contributed by atoms with Crippen molar-refractivity contribution >= 4 is 5.97 Å². The average molecular weight is 186 g/mol. The van der Waals surface area contributed by atoms with Crippen LogP contribution in [-0.4, -0.2) is 12.1 Å². The molecule has 2 nitrogen and oxygen atoms in total. The number of carbonyl (C=O) groups is 1. The van der Waals surface area contributed by atoms with Crippen molar-refractivity contribution in [2.24, 2.45) is 0 Å². The van der Waals surface area contributed by atoms with Crippen LogP contribution in [0.5, 0.6) is 0 Å². The largest absolute Gasteiger partial charge is 1.00 e. The fraction of sp³-hybridized carbons (Fsp3) is 0.857. The molecule has 1 unspecified atom stereocenters. The van der Waals surface area contributed by atoms with Crippen LogP contribution in [0.25, 0.3) is 0 Å². The van der Waals surface area contributed by atoms with E-state index in [1.165, 1.54) is 6.92 Å². The van der Waals surface area contributed by atoms with Crippen molar-refractivity contribution in [2.75, 3.05) is 0 Å². The predicted molar refractivity (Wildman–Crippen MR) is 34.0 cm³/mol. The van der Waals surface area contributed by atoms with Gasteiger partial charge in [0.05, 0.1) is 6.17 Å². The summed E-state index contributed by atoms with van der Waals surface area (Å²) in [6.45, 7) is 1.47. The Bertz CT molecular complexity index is 107.